The number of aliphatic imine (C=N–C) groups is 1. The first-order valence-corrected chi connectivity index (χ1v) is 3.78. The summed E-state index contributed by atoms with van der Waals surface area (Å²) in [7, 11) is 0. The Morgan fingerprint density at radius 3 is 2.82 bits per heavy atom. The minimum atomic E-state index is -0.0128. The highest BCUT2D eigenvalue weighted by Crippen LogP contribution is 2.18. The van der Waals surface area contributed by atoms with Crippen molar-refractivity contribution in [3.8, 4) is 0 Å². The predicted octanol–water partition coefficient (Wildman–Crippen LogP) is 2.75. The van der Waals surface area contributed by atoms with Crippen LogP contribution in [-0.2, 0) is 0 Å². The Labute approximate surface area is 70.9 Å². The largest absolute Gasteiger partial charge is 0.464 e. The van der Waals surface area contributed by atoms with Gasteiger partial charge in [0.2, 0.25) is 0 Å². The topological polar surface area (TPSA) is 25.5 Å². The second-order valence-corrected chi connectivity index (χ2v) is 2.53. The smallest absolute Gasteiger partial charge is 0.129 e. The molecule has 58 valence electrons. The minimum Gasteiger partial charge on any atom is -0.464 e. The van der Waals surface area contributed by atoms with Crippen LogP contribution in [0.25, 0.3) is 0 Å². The van der Waals surface area contributed by atoms with E-state index in [1.54, 1.807) is 0 Å². The predicted molar refractivity (Wildman–Crippen MR) is 46.9 cm³/mol. The lowest BCUT2D eigenvalue weighted by atomic mass is 10.3. The third-order valence-corrected chi connectivity index (χ3v) is 1.52. The molecule has 0 unspecified atom stereocenters. The summed E-state index contributed by atoms with van der Waals surface area (Å²) in [6.45, 7) is 3.81. The Hall–Kier alpha value is -0.920. The summed E-state index contributed by atoms with van der Waals surface area (Å²) < 4.78 is 5.32. The zero-order valence-corrected chi connectivity index (χ0v) is 7.31. The lowest BCUT2D eigenvalue weighted by Gasteiger charge is -1.97. The van der Waals surface area contributed by atoms with E-state index in [4.69, 9.17) is 4.42 Å². The van der Waals surface area contributed by atoms with Gasteiger partial charge in [0.15, 0.2) is 0 Å². The molecule has 0 spiro atoms. The van der Waals surface area contributed by atoms with Crippen LogP contribution in [0.1, 0.15) is 24.5 Å². The summed E-state index contributed by atoms with van der Waals surface area (Å²) in [5.41, 5.74) is 0. The highest BCUT2D eigenvalue weighted by atomic mass is 32.1. The van der Waals surface area contributed by atoms with E-state index in [9.17, 15) is 0 Å². The maximum Gasteiger partial charge on any atom is 0.129 e. The lowest BCUT2D eigenvalue weighted by molar-refractivity contribution is 0.459. The number of aryl methyl sites for hydroxylation is 1. The fourth-order valence-electron chi connectivity index (χ4n) is 0.821. The average Bonchev–Trinajstić information content (AvgIpc) is 2.36. The van der Waals surface area contributed by atoms with Gasteiger partial charge in [0, 0.05) is 0 Å². The molecule has 0 aliphatic rings. The summed E-state index contributed by atoms with van der Waals surface area (Å²) in [6.07, 6.45) is 0. The molecule has 0 bridgehead atoms. The zero-order chi connectivity index (χ0) is 8.27. The van der Waals surface area contributed by atoms with Crippen molar-refractivity contribution in [1.29, 1.82) is 0 Å². The molecule has 0 aliphatic heterocycles. The standard InChI is InChI=1S/C8H9NOS/c1-6-3-4-8(10-6)7(2)9-5-11/h3-4,7H,1-2H3/t7-/m1/s1. The van der Waals surface area contributed by atoms with Gasteiger partial charge in [-0.2, -0.15) is 0 Å². The Morgan fingerprint density at radius 2 is 2.36 bits per heavy atom. The Kier molecular flexibility index (Phi) is 2.58. The average molecular weight is 167 g/mol. The molecule has 0 fully saturated rings. The molecule has 1 aromatic rings. The van der Waals surface area contributed by atoms with E-state index in [2.05, 4.69) is 22.4 Å². The van der Waals surface area contributed by atoms with Crippen LogP contribution in [0.15, 0.2) is 21.5 Å². The van der Waals surface area contributed by atoms with Crippen molar-refractivity contribution >= 4 is 17.4 Å². The molecule has 0 amide bonds. The van der Waals surface area contributed by atoms with Crippen molar-refractivity contribution in [2.24, 2.45) is 4.99 Å². The minimum absolute atomic E-state index is 0.0128. The molecule has 1 atom stereocenters. The number of hydrogen-bond acceptors (Lipinski definition) is 3. The van der Waals surface area contributed by atoms with Gasteiger partial charge >= 0.3 is 0 Å². The molecule has 0 radical (unpaired) electrons. The number of rotatable bonds is 2. The third-order valence-electron chi connectivity index (χ3n) is 1.42. The van der Waals surface area contributed by atoms with Gasteiger partial charge in [0.25, 0.3) is 0 Å². The fourth-order valence-corrected chi connectivity index (χ4v) is 0.979. The van der Waals surface area contributed by atoms with Gasteiger partial charge in [0.1, 0.15) is 17.6 Å². The molecule has 1 rings (SSSR count). The van der Waals surface area contributed by atoms with Gasteiger partial charge in [-0.15, -0.1) is 0 Å². The van der Waals surface area contributed by atoms with Crippen LogP contribution >= 0.6 is 12.2 Å². The second-order valence-electron chi connectivity index (χ2n) is 2.34. The molecule has 0 aromatic carbocycles. The van der Waals surface area contributed by atoms with E-state index in [1.807, 2.05) is 26.0 Å². The Morgan fingerprint density at radius 1 is 1.64 bits per heavy atom. The van der Waals surface area contributed by atoms with Crippen molar-refractivity contribution < 1.29 is 4.42 Å². The molecule has 3 heteroatoms. The van der Waals surface area contributed by atoms with Crippen molar-refractivity contribution in [2.75, 3.05) is 0 Å². The quantitative estimate of drug-likeness (QED) is 0.500. The van der Waals surface area contributed by atoms with E-state index in [0.717, 1.165) is 11.5 Å². The lowest BCUT2D eigenvalue weighted by Crippen LogP contribution is -1.83. The molecular weight excluding hydrogens is 158 g/mol. The van der Waals surface area contributed by atoms with E-state index in [-0.39, 0.29) is 6.04 Å². The van der Waals surface area contributed by atoms with E-state index in [1.165, 1.54) is 0 Å². The zero-order valence-electron chi connectivity index (χ0n) is 6.50. The van der Waals surface area contributed by atoms with Crippen LogP contribution in [0, 0.1) is 6.92 Å². The molecule has 0 N–H and O–H groups in total. The van der Waals surface area contributed by atoms with E-state index >= 15 is 0 Å². The summed E-state index contributed by atoms with van der Waals surface area (Å²) >= 11 is 4.48. The Bertz CT molecular complexity index is 286. The van der Waals surface area contributed by atoms with Gasteiger partial charge in [-0.25, -0.2) is 4.99 Å². The monoisotopic (exact) mass is 167 g/mol. The van der Waals surface area contributed by atoms with Crippen LogP contribution in [0.5, 0.6) is 0 Å². The van der Waals surface area contributed by atoms with Crippen LogP contribution in [-0.4, -0.2) is 5.16 Å². The number of furan rings is 1. The first-order valence-electron chi connectivity index (χ1n) is 3.37. The molecule has 1 heterocycles. The molecule has 11 heavy (non-hydrogen) atoms. The van der Waals surface area contributed by atoms with E-state index in [0.29, 0.717) is 0 Å². The highest BCUT2D eigenvalue weighted by Gasteiger charge is 2.05. The maximum absolute atomic E-state index is 5.32. The maximum atomic E-state index is 5.32. The van der Waals surface area contributed by atoms with Gasteiger partial charge < -0.3 is 4.42 Å². The normalized spacial score (nSPS) is 12.2. The molecule has 0 saturated carbocycles. The van der Waals surface area contributed by atoms with Gasteiger partial charge in [0.05, 0.1) is 5.16 Å². The third kappa shape index (κ3) is 2.00. The van der Waals surface area contributed by atoms with Crippen LogP contribution < -0.4 is 0 Å². The van der Waals surface area contributed by atoms with Crippen LogP contribution in [0.2, 0.25) is 0 Å². The molecule has 1 aromatic heterocycles. The molecule has 2 nitrogen and oxygen atoms in total. The summed E-state index contributed by atoms with van der Waals surface area (Å²) in [5, 5.41) is 2.32. The van der Waals surface area contributed by atoms with Gasteiger partial charge in [-0.3, -0.25) is 0 Å². The molecular formula is C8H9NOS. The van der Waals surface area contributed by atoms with E-state index < -0.39 is 0 Å². The number of thiocarbonyl (C=S) groups is 1. The van der Waals surface area contributed by atoms with Crippen LogP contribution in [0.3, 0.4) is 0 Å². The number of nitrogens with zero attached hydrogens (tertiary/aromatic N) is 1. The molecule has 0 aliphatic carbocycles. The van der Waals surface area contributed by atoms with Crippen molar-refractivity contribution in [3.63, 3.8) is 0 Å². The summed E-state index contributed by atoms with van der Waals surface area (Å²) in [5.74, 6) is 1.73. The molecule has 0 saturated heterocycles. The highest BCUT2D eigenvalue weighted by molar-refractivity contribution is 7.78. The summed E-state index contributed by atoms with van der Waals surface area (Å²) in [6, 6.07) is 3.79. The van der Waals surface area contributed by atoms with Crippen molar-refractivity contribution in [1.82, 2.24) is 0 Å². The van der Waals surface area contributed by atoms with Crippen molar-refractivity contribution in [3.05, 3.63) is 23.7 Å². The van der Waals surface area contributed by atoms with Crippen LogP contribution in [0.4, 0.5) is 0 Å². The second kappa shape index (κ2) is 3.46. The first kappa shape index (κ1) is 8.18. The van der Waals surface area contributed by atoms with Gasteiger partial charge in [-0.1, -0.05) is 0 Å². The fraction of sp³-hybridized carbons (Fsp3) is 0.375. The van der Waals surface area contributed by atoms with Crippen molar-refractivity contribution in [2.45, 2.75) is 19.9 Å². The Balaban J connectivity index is 2.84. The van der Waals surface area contributed by atoms with Gasteiger partial charge in [-0.05, 0) is 38.2 Å². The summed E-state index contributed by atoms with van der Waals surface area (Å²) in [4.78, 5) is 3.88. The number of isothiocyanates is 1. The number of hydrogen-bond donors (Lipinski definition) is 0. The first-order chi connectivity index (χ1) is 5.24. The SMILES string of the molecule is Cc1ccc([C@@H](C)N=C=S)o1.